The number of aryl methyl sites for hydroxylation is 1. The smallest absolute Gasteiger partial charge is 0.346 e. The summed E-state index contributed by atoms with van der Waals surface area (Å²) >= 11 is 0. The van der Waals surface area contributed by atoms with Gasteiger partial charge in [0.2, 0.25) is 5.82 Å². The summed E-state index contributed by atoms with van der Waals surface area (Å²) in [5.41, 5.74) is -0.864. The molecule has 1 aromatic rings. The first kappa shape index (κ1) is 12.5. The first-order valence-electron chi connectivity index (χ1n) is 5.89. The summed E-state index contributed by atoms with van der Waals surface area (Å²) in [6.45, 7) is 1.18. The Morgan fingerprint density at radius 3 is 2.72 bits per heavy atom. The Hall–Kier alpha value is -1.92. The van der Waals surface area contributed by atoms with E-state index in [4.69, 9.17) is 0 Å². The molecule has 1 aliphatic heterocycles. The Balaban J connectivity index is 2.42. The maximum Gasteiger partial charge on any atom is 0.346 e. The van der Waals surface area contributed by atoms with Crippen LogP contribution in [0.2, 0.25) is 0 Å². The Morgan fingerprint density at radius 1 is 1.33 bits per heavy atom. The average Bonchev–Trinajstić information content (AvgIpc) is 2.40. The zero-order chi connectivity index (χ0) is 13.3. The predicted molar refractivity (Wildman–Crippen MR) is 65.7 cm³/mol. The maximum atomic E-state index is 12.0. The molecule has 0 bridgehead atoms. The molecule has 7 heteroatoms. The quantitative estimate of drug-likeness (QED) is 0.624. The van der Waals surface area contributed by atoms with Crippen LogP contribution in [-0.2, 0) is 18.9 Å². The number of hydrogen-bond donors (Lipinski definition) is 0. The normalized spacial score (nSPS) is 19.9. The summed E-state index contributed by atoms with van der Waals surface area (Å²) in [5.74, 6) is 0.175. The standard InChI is InChI=1S/C11H16N4O3/c1-13-10(17)9(12-14(2)11(13)18)15-5-3-4-8(6-15)7-16/h7-8H,3-6H2,1-2H3. The van der Waals surface area contributed by atoms with E-state index >= 15 is 0 Å². The number of hydrogen-bond acceptors (Lipinski definition) is 5. The zero-order valence-electron chi connectivity index (χ0n) is 10.5. The summed E-state index contributed by atoms with van der Waals surface area (Å²) in [7, 11) is 2.93. The lowest BCUT2D eigenvalue weighted by atomic mass is 10.00. The van der Waals surface area contributed by atoms with Crippen molar-refractivity contribution in [1.29, 1.82) is 0 Å². The van der Waals surface area contributed by atoms with Crippen molar-refractivity contribution in [1.82, 2.24) is 14.3 Å². The highest BCUT2D eigenvalue weighted by atomic mass is 16.2. The van der Waals surface area contributed by atoms with Crippen molar-refractivity contribution in [3.63, 3.8) is 0 Å². The van der Waals surface area contributed by atoms with Crippen LogP contribution in [0.15, 0.2) is 9.59 Å². The summed E-state index contributed by atoms with van der Waals surface area (Å²) in [5, 5.41) is 4.01. The molecule has 1 aromatic heterocycles. The molecule has 0 N–H and O–H groups in total. The number of anilines is 1. The van der Waals surface area contributed by atoms with Gasteiger partial charge in [-0.25, -0.2) is 9.48 Å². The Morgan fingerprint density at radius 2 is 2.06 bits per heavy atom. The Kier molecular flexibility index (Phi) is 3.31. The monoisotopic (exact) mass is 252 g/mol. The number of nitrogens with zero attached hydrogens (tertiary/aromatic N) is 4. The molecular weight excluding hydrogens is 236 g/mol. The molecule has 1 unspecified atom stereocenters. The van der Waals surface area contributed by atoms with E-state index in [9.17, 15) is 14.4 Å². The lowest BCUT2D eigenvalue weighted by Gasteiger charge is -2.30. The molecular formula is C11H16N4O3. The number of carbonyl (C=O) groups excluding carboxylic acids is 1. The minimum absolute atomic E-state index is 0.0671. The predicted octanol–water partition coefficient (Wildman–Crippen LogP) is -1.11. The van der Waals surface area contributed by atoms with Crippen molar-refractivity contribution >= 4 is 12.1 Å². The fraction of sp³-hybridized carbons (Fsp3) is 0.636. The third kappa shape index (κ3) is 2.07. The number of carbonyl (C=O) groups is 1. The van der Waals surface area contributed by atoms with Crippen molar-refractivity contribution in [2.24, 2.45) is 20.0 Å². The van der Waals surface area contributed by atoms with Gasteiger partial charge in [0.15, 0.2) is 0 Å². The first-order valence-corrected chi connectivity index (χ1v) is 5.89. The van der Waals surface area contributed by atoms with E-state index in [-0.39, 0.29) is 11.7 Å². The van der Waals surface area contributed by atoms with Crippen molar-refractivity contribution in [2.75, 3.05) is 18.0 Å². The molecule has 2 heterocycles. The Labute approximate surface area is 104 Å². The van der Waals surface area contributed by atoms with E-state index in [1.807, 2.05) is 0 Å². The minimum atomic E-state index is -0.451. The van der Waals surface area contributed by atoms with Gasteiger partial charge in [-0.05, 0) is 12.8 Å². The molecule has 0 aromatic carbocycles. The van der Waals surface area contributed by atoms with Crippen LogP contribution < -0.4 is 16.1 Å². The van der Waals surface area contributed by atoms with Crippen LogP contribution in [0, 0.1) is 5.92 Å². The van der Waals surface area contributed by atoms with Crippen LogP contribution in [0.5, 0.6) is 0 Å². The minimum Gasteiger partial charge on any atom is -0.350 e. The largest absolute Gasteiger partial charge is 0.350 e. The molecule has 98 valence electrons. The van der Waals surface area contributed by atoms with Gasteiger partial charge < -0.3 is 9.69 Å². The molecule has 1 aliphatic rings. The number of aldehydes is 1. The second kappa shape index (κ2) is 4.75. The van der Waals surface area contributed by atoms with Crippen molar-refractivity contribution in [3.05, 3.63) is 20.8 Å². The van der Waals surface area contributed by atoms with Crippen LogP contribution in [-0.4, -0.2) is 33.7 Å². The average molecular weight is 252 g/mol. The molecule has 0 radical (unpaired) electrons. The van der Waals surface area contributed by atoms with Crippen molar-refractivity contribution < 1.29 is 4.79 Å². The topological polar surface area (TPSA) is 77.2 Å². The van der Waals surface area contributed by atoms with Gasteiger partial charge in [-0.1, -0.05) is 0 Å². The zero-order valence-corrected chi connectivity index (χ0v) is 10.5. The highest BCUT2D eigenvalue weighted by Crippen LogP contribution is 2.17. The number of piperidine rings is 1. The second-order valence-corrected chi connectivity index (χ2v) is 4.58. The summed E-state index contributed by atoms with van der Waals surface area (Å²) in [6, 6.07) is 0. The molecule has 1 saturated heterocycles. The van der Waals surface area contributed by atoms with Crippen LogP contribution in [0.4, 0.5) is 5.82 Å². The second-order valence-electron chi connectivity index (χ2n) is 4.58. The lowest BCUT2D eigenvalue weighted by molar-refractivity contribution is -0.111. The van der Waals surface area contributed by atoms with Crippen molar-refractivity contribution in [2.45, 2.75) is 12.8 Å². The molecule has 2 rings (SSSR count). The van der Waals surface area contributed by atoms with Crippen molar-refractivity contribution in [3.8, 4) is 0 Å². The van der Waals surface area contributed by atoms with E-state index in [0.717, 1.165) is 28.4 Å². The van der Waals surface area contributed by atoms with Gasteiger partial charge in [0.05, 0.1) is 0 Å². The van der Waals surface area contributed by atoms with Gasteiger partial charge in [-0.3, -0.25) is 9.36 Å². The molecule has 0 spiro atoms. The molecule has 7 nitrogen and oxygen atoms in total. The van der Waals surface area contributed by atoms with Crippen LogP contribution >= 0.6 is 0 Å². The van der Waals surface area contributed by atoms with E-state index in [1.54, 1.807) is 4.90 Å². The molecule has 1 atom stereocenters. The summed E-state index contributed by atoms with van der Waals surface area (Å²) in [4.78, 5) is 36.1. The molecule has 18 heavy (non-hydrogen) atoms. The van der Waals surface area contributed by atoms with E-state index < -0.39 is 11.2 Å². The van der Waals surface area contributed by atoms with E-state index in [0.29, 0.717) is 13.1 Å². The first-order chi connectivity index (χ1) is 8.54. The third-order valence-corrected chi connectivity index (χ3v) is 3.25. The third-order valence-electron chi connectivity index (χ3n) is 3.25. The van der Waals surface area contributed by atoms with Gasteiger partial charge in [-0.2, -0.15) is 0 Å². The molecule has 0 aliphatic carbocycles. The van der Waals surface area contributed by atoms with Crippen LogP contribution in [0.25, 0.3) is 0 Å². The fourth-order valence-corrected chi connectivity index (χ4v) is 2.19. The Bertz CT molecular complexity index is 575. The van der Waals surface area contributed by atoms with Crippen LogP contribution in [0.1, 0.15) is 12.8 Å². The lowest BCUT2D eigenvalue weighted by Crippen LogP contribution is -2.46. The maximum absolute atomic E-state index is 12.0. The van der Waals surface area contributed by atoms with Gasteiger partial charge in [0, 0.05) is 33.1 Å². The number of rotatable bonds is 2. The SMILES string of the molecule is Cn1nc(N2CCCC(C=O)C2)c(=O)n(C)c1=O. The van der Waals surface area contributed by atoms with Gasteiger partial charge in [0.1, 0.15) is 6.29 Å². The van der Waals surface area contributed by atoms with Gasteiger partial charge in [-0.15, -0.1) is 5.10 Å². The molecule has 0 saturated carbocycles. The van der Waals surface area contributed by atoms with E-state index in [2.05, 4.69) is 5.10 Å². The van der Waals surface area contributed by atoms with E-state index in [1.165, 1.54) is 14.1 Å². The highest BCUT2D eigenvalue weighted by Gasteiger charge is 2.23. The molecule has 0 amide bonds. The van der Waals surface area contributed by atoms with Gasteiger partial charge >= 0.3 is 5.69 Å². The summed E-state index contributed by atoms with van der Waals surface area (Å²) < 4.78 is 2.17. The summed E-state index contributed by atoms with van der Waals surface area (Å²) in [6.07, 6.45) is 2.60. The van der Waals surface area contributed by atoms with Crippen LogP contribution in [0.3, 0.4) is 0 Å². The molecule has 1 fully saturated rings. The fourth-order valence-electron chi connectivity index (χ4n) is 2.19. The number of aromatic nitrogens is 3. The van der Waals surface area contributed by atoms with Gasteiger partial charge in [0.25, 0.3) is 5.56 Å². The highest BCUT2D eigenvalue weighted by molar-refractivity contribution is 5.56.